The van der Waals surface area contributed by atoms with E-state index >= 15 is 0 Å². The van der Waals surface area contributed by atoms with Crippen LogP contribution in [0.1, 0.15) is 41.6 Å². The number of guanidine groups is 1. The molecule has 5 rings (SSSR count). The van der Waals surface area contributed by atoms with Crippen LogP contribution < -0.4 is 9.80 Å². The third-order valence-electron chi connectivity index (χ3n) is 7.23. The molecule has 40 heavy (non-hydrogen) atoms. The molecule has 2 heterocycles. The van der Waals surface area contributed by atoms with Crippen molar-refractivity contribution in [2.75, 3.05) is 36.0 Å². The second kappa shape index (κ2) is 11.9. The number of nitrogens with zero attached hydrogens (tertiary/aromatic N) is 4. The molecule has 1 atom stereocenters. The Kier molecular flexibility index (Phi) is 8.59. The summed E-state index contributed by atoms with van der Waals surface area (Å²) in [6.45, 7) is 8.49. The van der Waals surface area contributed by atoms with Gasteiger partial charge in [0.25, 0.3) is 0 Å². The first-order chi connectivity index (χ1) is 19.1. The van der Waals surface area contributed by atoms with Crippen molar-refractivity contribution in [2.45, 2.75) is 39.4 Å². The van der Waals surface area contributed by atoms with Gasteiger partial charge >= 0.3 is 12.3 Å². The predicted octanol–water partition coefficient (Wildman–Crippen LogP) is 6.66. The lowest BCUT2D eigenvalue weighted by Gasteiger charge is -2.45. The molecule has 1 fully saturated rings. The minimum absolute atomic E-state index is 0.250. The number of anilines is 2. The van der Waals surface area contributed by atoms with E-state index < -0.39 is 17.6 Å². The summed E-state index contributed by atoms with van der Waals surface area (Å²) < 4.78 is 56.1. The lowest BCUT2D eigenvalue weighted by atomic mass is 9.96. The van der Waals surface area contributed by atoms with Gasteiger partial charge in [-0.2, -0.15) is 22.8 Å². The number of benzene rings is 3. The normalized spacial score (nSPS) is 16.9. The average molecular weight is 555 g/mol. The van der Waals surface area contributed by atoms with E-state index in [0.717, 1.165) is 24.8 Å². The monoisotopic (exact) mass is 554 g/mol. The van der Waals surface area contributed by atoms with Gasteiger partial charge in [0.15, 0.2) is 0 Å². The number of para-hydroxylation sites is 1. The third kappa shape index (κ3) is 5.87. The van der Waals surface area contributed by atoms with Gasteiger partial charge in [0, 0.05) is 43.1 Å². The maximum absolute atomic E-state index is 15.0. The largest absolute Gasteiger partial charge is 0.416 e. The molecule has 3 aromatic carbocycles. The first kappa shape index (κ1) is 28.8. The van der Waals surface area contributed by atoms with Gasteiger partial charge in [-0.3, -0.25) is 0 Å². The van der Waals surface area contributed by atoms with Gasteiger partial charge in [0.1, 0.15) is 11.5 Å². The third-order valence-corrected chi connectivity index (χ3v) is 7.23. The second-order valence-corrected chi connectivity index (χ2v) is 9.78. The van der Waals surface area contributed by atoms with Crippen LogP contribution >= 0.6 is 0 Å². The van der Waals surface area contributed by atoms with Crippen LogP contribution in [0.25, 0.3) is 0 Å². The molecule has 1 saturated heterocycles. The summed E-state index contributed by atoms with van der Waals surface area (Å²) in [6, 6.07) is 16.6. The Hall–Kier alpha value is -4.17. The number of hydrogen-bond acceptors (Lipinski definition) is 6. The number of piperazine rings is 1. The highest BCUT2D eigenvalue weighted by molar-refractivity contribution is 6.01. The van der Waals surface area contributed by atoms with Gasteiger partial charge in [-0.05, 0) is 61.7 Å². The summed E-state index contributed by atoms with van der Waals surface area (Å²) in [5.41, 5.74) is 3.71. The molecule has 10 heteroatoms. The molecule has 2 aliphatic rings. The van der Waals surface area contributed by atoms with Crippen LogP contribution in [0.2, 0.25) is 0 Å². The van der Waals surface area contributed by atoms with Crippen molar-refractivity contribution < 1.29 is 27.2 Å². The fourth-order valence-electron chi connectivity index (χ4n) is 5.29. The number of rotatable bonds is 3. The minimum atomic E-state index is -4.47. The zero-order chi connectivity index (χ0) is 29.0. The summed E-state index contributed by atoms with van der Waals surface area (Å²) in [6.07, 6.45) is -3.64. The van der Waals surface area contributed by atoms with Gasteiger partial charge < -0.3 is 14.7 Å². The smallest absolute Gasteiger partial charge is 0.368 e. The van der Waals surface area contributed by atoms with E-state index in [9.17, 15) is 17.6 Å². The quantitative estimate of drug-likeness (QED) is 0.339. The zero-order valence-corrected chi connectivity index (χ0v) is 22.5. The standard InChI is InChI=1S/C29H30F4N4.CO2/c1-4-25-23-9-6-10-24(30)27(23)34-28(37(25)26-18-21(29(31,32)33)12-11-20(26)3)36-15-13-35(14-16-36)22-8-5-7-19(2)17-22;2-1-3/h5-12,17-18,25H,4,13-16H2,1-3H3;. The first-order valence-electron chi connectivity index (χ1n) is 13.0. The number of carbonyl (C=O) groups excluding carboxylic acids is 2. The number of aryl methyl sites for hydroxylation is 2. The highest BCUT2D eigenvalue weighted by Crippen LogP contribution is 2.44. The van der Waals surface area contributed by atoms with E-state index in [2.05, 4.69) is 34.9 Å². The molecule has 0 bridgehead atoms. The number of alkyl halides is 3. The van der Waals surface area contributed by atoms with Crippen LogP contribution in [0, 0.1) is 19.7 Å². The maximum atomic E-state index is 15.0. The van der Waals surface area contributed by atoms with Crippen molar-refractivity contribution in [3.8, 4) is 0 Å². The van der Waals surface area contributed by atoms with Crippen LogP contribution in [0.4, 0.5) is 34.6 Å². The lowest BCUT2D eigenvalue weighted by molar-refractivity contribution is -0.191. The van der Waals surface area contributed by atoms with Crippen molar-refractivity contribution in [1.29, 1.82) is 0 Å². The van der Waals surface area contributed by atoms with Gasteiger partial charge in [-0.1, -0.05) is 37.3 Å². The molecule has 0 radical (unpaired) electrons. The molecule has 0 saturated carbocycles. The fourth-order valence-corrected chi connectivity index (χ4v) is 5.29. The van der Waals surface area contributed by atoms with Gasteiger partial charge in [-0.15, -0.1) is 0 Å². The van der Waals surface area contributed by atoms with Crippen LogP contribution in [0.5, 0.6) is 0 Å². The zero-order valence-electron chi connectivity index (χ0n) is 22.5. The van der Waals surface area contributed by atoms with Gasteiger partial charge in [0.05, 0.1) is 11.6 Å². The Morgan fingerprint density at radius 3 is 2.20 bits per heavy atom. The van der Waals surface area contributed by atoms with Crippen LogP contribution in [-0.2, 0) is 15.8 Å². The summed E-state index contributed by atoms with van der Waals surface area (Å²) >= 11 is 0. The summed E-state index contributed by atoms with van der Waals surface area (Å²) in [5, 5.41) is 0. The highest BCUT2D eigenvalue weighted by atomic mass is 19.4. The van der Waals surface area contributed by atoms with Crippen molar-refractivity contribution in [3.63, 3.8) is 0 Å². The molecular formula is C30H30F4N4O2. The second-order valence-electron chi connectivity index (χ2n) is 9.78. The Bertz CT molecular complexity index is 1430. The predicted molar refractivity (Wildman–Crippen MR) is 145 cm³/mol. The van der Waals surface area contributed by atoms with Crippen molar-refractivity contribution in [1.82, 2.24) is 4.90 Å². The van der Waals surface area contributed by atoms with Crippen LogP contribution in [0.15, 0.2) is 65.7 Å². The SMILES string of the molecule is CCC1c2cccc(F)c2N=C(N2CCN(c3cccc(C)c3)CC2)N1c1cc(C(F)(F)F)ccc1C.O=C=O. The first-order valence-corrected chi connectivity index (χ1v) is 13.0. The maximum Gasteiger partial charge on any atom is 0.416 e. The number of aliphatic imine (C=N–C) groups is 1. The Balaban J connectivity index is 0.00000118. The molecule has 210 valence electrons. The summed E-state index contributed by atoms with van der Waals surface area (Å²) in [4.78, 5) is 27.3. The Morgan fingerprint density at radius 2 is 1.57 bits per heavy atom. The topological polar surface area (TPSA) is 56.2 Å². The molecule has 3 aromatic rings. The highest BCUT2D eigenvalue weighted by Gasteiger charge is 2.38. The molecule has 1 unspecified atom stereocenters. The van der Waals surface area contributed by atoms with Crippen molar-refractivity contribution in [3.05, 3.63) is 88.7 Å². The summed E-state index contributed by atoms with van der Waals surface area (Å²) in [7, 11) is 0. The van der Waals surface area contributed by atoms with E-state index in [1.54, 1.807) is 13.0 Å². The fraction of sp³-hybridized carbons (Fsp3) is 0.333. The van der Waals surface area contributed by atoms with Crippen LogP contribution in [-0.4, -0.2) is 43.2 Å². The van der Waals surface area contributed by atoms with E-state index in [0.29, 0.717) is 42.3 Å². The van der Waals surface area contributed by atoms with Crippen molar-refractivity contribution in [2.24, 2.45) is 4.99 Å². The minimum Gasteiger partial charge on any atom is -0.368 e. The van der Waals surface area contributed by atoms with E-state index in [1.165, 1.54) is 23.8 Å². The number of fused-ring (bicyclic) bond motifs is 1. The average Bonchev–Trinajstić information content (AvgIpc) is 2.92. The molecule has 2 aliphatic heterocycles. The lowest BCUT2D eigenvalue weighted by Crippen LogP contribution is -2.55. The Labute approximate surface area is 230 Å². The number of hydrogen-bond donors (Lipinski definition) is 0. The van der Waals surface area contributed by atoms with Crippen molar-refractivity contribution >= 4 is 29.2 Å². The van der Waals surface area contributed by atoms with E-state index in [-0.39, 0.29) is 17.9 Å². The van der Waals surface area contributed by atoms with Gasteiger partial charge in [-0.25, -0.2) is 9.38 Å². The molecule has 0 amide bonds. The molecule has 0 N–H and O–H groups in total. The molecule has 0 aliphatic carbocycles. The van der Waals surface area contributed by atoms with E-state index in [1.807, 2.05) is 24.0 Å². The number of halogens is 4. The molecule has 0 aromatic heterocycles. The summed E-state index contributed by atoms with van der Waals surface area (Å²) in [5.74, 6) is 0.0722. The van der Waals surface area contributed by atoms with Crippen LogP contribution in [0.3, 0.4) is 0 Å². The molecule has 6 nitrogen and oxygen atoms in total. The molecule has 0 spiro atoms. The van der Waals surface area contributed by atoms with Gasteiger partial charge in [0.2, 0.25) is 5.96 Å². The van der Waals surface area contributed by atoms with E-state index in [4.69, 9.17) is 14.6 Å². The Morgan fingerprint density at radius 1 is 0.925 bits per heavy atom. The molecular weight excluding hydrogens is 524 g/mol.